The van der Waals surface area contributed by atoms with Crippen LogP contribution in [0.3, 0.4) is 0 Å². The lowest BCUT2D eigenvalue weighted by atomic mass is 9.99. The number of aromatic nitrogens is 1. The summed E-state index contributed by atoms with van der Waals surface area (Å²) in [5.74, 6) is 0.887. The van der Waals surface area contributed by atoms with E-state index in [-0.39, 0.29) is 30.6 Å². The van der Waals surface area contributed by atoms with Gasteiger partial charge in [0.05, 0.1) is 12.7 Å². The summed E-state index contributed by atoms with van der Waals surface area (Å²) in [4.78, 5) is 33.1. The molecule has 1 aromatic carbocycles. The molecule has 3 amide bonds. The molecule has 5 rings (SSSR count). The van der Waals surface area contributed by atoms with Gasteiger partial charge in [0.1, 0.15) is 18.4 Å². The van der Waals surface area contributed by atoms with Crippen LogP contribution in [0.15, 0.2) is 48.8 Å². The monoisotopic (exact) mass is 363 g/mol. The Morgan fingerprint density at radius 2 is 1.96 bits per heavy atom. The number of piperidine rings is 1. The Bertz CT molecular complexity index is 857. The minimum atomic E-state index is -0.244. The summed E-state index contributed by atoms with van der Waals surface area (Å²) in [6.07, 6.45) is 6.37. The van der Waals surface area contributed by atoms with Gasteiger partial charge in [-0.3, -0.25) is 14.7 Å². The van der Waals surface area contributed by atoms with E-state index in [1.165, 1.54) is 4.90 Å². The van der Waals surface area contributed by atoms with Crippen molar-refractivity contribution >= 4 is 11.9 Å². The lowest BCUT2D eigenvalue weighted by Gasteiger charge is -2.25. The van der Waals surface area contributed by atoms with Crippen LogP contribution >= 0.6 is 0 Å². The third kappa shape index (κ3) is 2.67. The quantitative estimate of drug-likeness (QED) is 0.766. The SMILES string of the molecule is O=C1C2C3CCC(C3)N2C(=O)N1Cc1ccncc1OCc1ccccc1. The van der Waals surface area contributed by atoms with Gasteiger partial charge in [0.15, 0.2) is 0 Å². The van der Waals surface area contributed by atoms with E-state index in [0.717, 1.165) is 30.4 Å². The Balaban J connectivity index is 1.34. The lowest BCUT2D eigenvalue weighted by Crippen LogP contribution is -2.40. The number of imide groups is 1. The number of benzene rings is 1. The highest BCUT2D eigenvalue weighted by Crippen LogP contribution is 2.46. The van der Waals surface area contributed by atoms with Gasteiger partial charge in [-0.1, -0.05) is 30.3 Å². The average Bonchev–Trinajstić information content (AvgIpc) is 3.38. The summed E-state index contributed by atoms with van der Waals surface area (Å²) in [5, 5.41) is 0. The maximum absolute atomic E-state index is 12.9. The first-order valence-electron chi connectivity index (χ1n) is 9.45. The number of hydrogen-bond donors (Lipinski definition) is 0. The zero-order valence-electron chi connectivity index (χ0n) is 15.0. The number of rotatable bonds is 5. The van der Waals surface area contributed by atoms with Crippen LogP contribution in [0.4, 0.5) is 4.79 Å². The minimum absolute atomic E-state index is 0.0574. The molecule has 1 aromatic heterocycles. The first kappa shape index (κ1) is 16.3. The van der Waals surface area contributed by atoms with Crippen molar-refractivity contribution in [1.29, 1.82) is 0 Å². The molecule has 0 spiro atoms. The summed E-state index contributed by atoms with van der Waals surface area (Å²) in [5.41, 5.74) is 1.86. The number of carbonyl (C=O) groups is 2. The van der Waals surface area contributed by atoms with Crippen LogP contribution in [0.1, 0.15) is 30.4 Å². The molecule has 0 N–H and O–H groups in total. The molecule has 27 heavy (non-hydrogen) atoms. The Hall–Kier alpha value is -2.89. The molecule has 2 aliphatic heterocycles. The lowest BCUT2D eigenvalue weighted by molar-refractivity contribution is -0.129. The van der Waals surface area contributed by atoms with Gasteiger partial charge in [-0.25, -0.2) is 4.79 Å². The summed E-state index contributed by atoms with van der Waals surface area (Å²) >= 11 is 0. The largest absolute Gasteiger partial charge is 0.487 e. The van der Waals surface area contributed by atoms with Crippen LogP contribution in [0, 0.1) is 5.92 Å². The third-order valence-electron chi connectivity index (χ3n) is 5.99. The van der Waals surface area contributed by atoms with E-state index in [1.807, 2.05) is 41.3 Å². The molecule has 3 aliphatic rings. The number of ether oxygens (including phenoxy) is 1. The molecular formula is C21H21N3O3. The fraction of sp³-hybridized carbons (Fsp3) is 0.381. The highest BCUT2D eigenvalue weighted by atomic mass is 16.5. The van der Waals surface area contributed by atoms with Crippen molar-refractivity contribution < 1.29 is 14.3 Å². The van der Waals surface area contributed by atoms with E-state index in [4.69, 9.17) is 4.74 Å². The van der Waals surface area contributed by atoms with Gasteiger partial charge in [0.2, 0.25) is 0 Å². The zero-order valence-corrected chi connectivity index (χ0v) is 15.0. The standard InChI is InChI=1S/C21H21N3O3/c25-20-19-15-6-7-17(10-15)24(19)21(26)23(20)12-16-8-9-22-11-18(16)27-13-14-4-2-1-3-5-14/h1-5,8-9,11,15,17,19H,6-7,10,12-13H2. The minimum Gasteiger partial charge on any atom is -0.487 e. The van der Waals surface area contributed by atoms with E-state index >= 15 is 0 Å². The number of nitrogens with zero attached hydrogens (tertiary/aromatic N) is 3. The number of fused-ring (bicyclic) bond motifs is 5. The molecule has 6 heteroatoms. The van der Waals surface area contributed by atoms with Gasteiger partial charge in [0.25, 0.3) is 5.91 Å². The Labute approximate surface area is 157 Å². The second kappa shape index (κ2) is 6.37. The fourth-order valence-electron chi connectivity index (χ4n) is 4.69. The molecule has 3 heterocycles. The molecule has 2 bridgehead atoms. The number of carbonyl (C=O) groups excluding carboxylic acids is 2. The van der Waals surface area contributed by atoms with Crippen molar-refractivity contribution in [1.82, 2.24) is 14.8 Å². The van der Waals surface area contributed by atoms with E-state index in [2.05, 4.69) is 4.98 Å². The van der Waals surface area contributed by atoms with Gasteiger partial charge in [0, 0.05) is 17.8 Å². The van der Waals surface area contributed by atoms with Gasteiger partial charge in [-0.05, 0) is 36.8 Å². The fourth-order valence-corrected chi connectivity index (χ4v) is 4.69. The van der Waals surface area contributed by atoms with E-state index in [1.54, 1.807) is 12.4 Å². The van der Waals surface area contributed by atoms with Crippen molar-refractivity contribution in [3.8, 4) is 5.75 Å². The maximum atomic E-state index is 12.9. The second-order valence-electron chi connectivity index (χ2n) is 7.54. The highest BCUT2D eigenvalue weighted by molar-refractivity contribution is 6.05. The van der Waals surface area contributed by atoms with Gasteiger partial charge in [-0.2, -0.15) is 0 Å². The summed E-state index contributed by atoms with van der Waals surface area (Å²) in [7, 11) is 0. The predicted octanol–water partition coefficient (Wildman–Crippen LogP) is 2.98. The summed E-state index contributed by atoms with van der Waals surface area (Å²) < 4.78 is 5.93. The van der Waals surface area contributed by atoms with Gasteiger partial charge in [-0.15, -0.1) is 0 Å². The predicted molar refractivity (Wildman–Crippen MR) is 97.7 cm³/mol. The van der Waals surface area contributed by atoms with Crippen LogP contribution in [-0.2, 0) is 17.9 Å². The number of urea groups is 1. The van der Waals surface area contributed by atoms with Crippen LogP contribution < -0.4 is 4.74 Å². The second-order valence-corrected chi connectivity index (χ2v) is 7.54. The third-order valence-corrected chi connectivity index (χ3v) is 5.99. The summed E-state index contributed by atoms with van der Waals surface area (Å²) in [6, 6.07) is 11.5. The van der Waals surface area contributed by atoms with Crippen molar-refractivity contribution in [3.05, 3.63) is 59.9 Å². The average molecular weight is 363 g/mol. The van der Waals surface area contributed by atoms with Crippen molar-refractivity contribution in [2.45, 2.75) is 44.5 Å². The topological polar surface area (TPSA) is 62.7 Å². The zero-order chi connectivity index (χ0) is 18.4. The molecule has 3 unspecified atom stereocenters. The van der Waals surface area contributed by atoms with Crippen molar-refractivity contribution in [2.24, 2.45) is 5.92 Å². The molecule has 138 valence electrons. The normalized spacial score (nSPS) is 26.0. The van der Waals surface area contributed by atoms with Crippen LogP contribution in [0.25, 0.3) is 0 Å². The first-order chi connectivity index (χ1) is 13.2. The Kier molecular flexibility index (Phi) is 3.85. The molecule has 2 aromatic rings. The number of hydrogen-bond acceptors (Lipinski definition) is 4. The van der Waals surface area contributed by atoms with Crippen LogP contribution in [-0.4, -0.2) is 38.8 Å². The van der Waals surface area contributed by atoms with Gasteiger partial charge >= 0.3 is 6.03 Å². The van der Waals surface area contributed by atoms with E-state index in [0.29, 0.717) is 18.3 Å². The molecule has 1 saturated carbocycles. The van der Waals surface area contributed by atoms with E-state index < -0.39 is 0 Å². The summed E-state index contributed by atoms with van der Waals surface area (Å²) in [6.45, 7) is 0.650. The van der Waals surface area contributed by atoms with Crippen molar-refractivity contribution in [2.75, 3.05) is 0 Å². The van der Waals surface area contributed by atoms with Crippen LogP contribution in [0.2, 0.25) is 0 Å². The maximum Gasteiger partial charge on any atom is 0.328 e. The smallest absolute Gasteiger partial charge is 0.328 e. The van der Waals surface area contributed by atoms with Gasteiger partial charge < -0.3 is 9.64 Å². The van der Waals surface area contributed by atoms with Crippen molar-refractivity contribution in [3.63, 3.8) is 0 Å². The molecule has 6 nitrogen and oxygen atoms in total. The molecule has 0 radical (unpaired) electrons. The van der Waals surface area contributed by atoms with Crippen LogP contribution in [0.5, 0.6) is 5.75 Å². The molecule has 1 aliphatic carbocycles. The highest BCUT2D eigenvalue weighted by Gasteiger charge is 2.58. The molecule has 2 saturated heterocycles. The first-order valence-corrected chi connectivity index (χ1v) is 9.45. The number of amides is 3. The molecule has 3 atom stereocenters. The number of pyridine rings is 1. The Morgan fingerprint density at radius 1 is 1.11 bits per heavy atom. The molecule has 3 fully saturated rings. The van der Waals surface area contributed by atoms with E-state index in [9.17, 15) is 9.59 Å². The molecular weight excluding hydrogens is 342 g/mol. The Morgan fingerprint density at radius 3 is 2.78 bits per heavy atom.